The van der Waals surface area contributed by atoms with Crippen LogP contribution in [0.3, 0.4) is 0 Å². The molecule has 1 aromatic carbocycles. The van der Waals surface area contributed by atoms with Crippen molar-refractivity contribution in [3.05, 3.63) is 62.5 Å². The molecule has 4 aliphatic rings. The summed E-state index contributed by atoms with van der Waals surface area (Å²) in [7, 11) is 1.24. The van der Waals surface area contributed by atoms with Gasteiger partial charge in [-0.15, -0.1) is 11.3 Å². The summed E-state index contributed by atoms with van der Waals surface area (Å²) in [5.74, 6) is -1.91. The topological polar surface area (TPSA) is 128 Å². The lowest BCUT2D eigenvalue weighted by Crippen LogP contribution is -2.62. The smallest absolute Gasteiger partial charge is 0.338 e. The van der Waals surface area contributed by atoms with Crippen molar-refractivity contribution in [2.24, 2.45) is 4.99 Å². The van der Waals surface area contributed by atoms with E-state index in [0.717, 1.165) is 18.9 Å². The fraction of sp³-hybridized carbons (Fsp3) is 0.423. The van der Waals surface area contributed by atoms with Gasteiger partial charge in [-0.2, -0.15) is 0 Å². The van der Waals surface area contributed by atoms with Crippen molar-refractivity contribution in [1.82, 2.24) is 25.0 Å². The number of urea groups is 1. The van der Waals surface area contributed by atoms with Crippen molar-refractivity contribution < 1.29 is 28.6 Å². The number of amidine groups is 1. The number of carbonyl (C=O) groups is 3. The molecule has 3 fully saturated rings. The van der Waals surface area contributed by atoms with Crippen molar-refractivity contribution >= 4 is 46.7 Å². The number of benzene rings is 1. The quantitative estimate of drug-likeness (QED) is 0.472. The van der Waals surface area contributed by atoms with Gasteiger partial charge in [-0.05, 0) is 25.0 Å². The number of methoxy groups -OCH3 is 1. The summed E-state index contributed by atoms with van der Waals surface area (Å²) in [6.07, 6.45) is 3.48. The highest BCUT2D eigenvalue weighted by atomic mass is 35.5. The summed E-state index contributed by atoms with van der Waals surface area (Å²) in [6, 6.07) is 1.42. The zero-order valence-corrected chi connectivity index (χ0v) is 23.0. The number of hydrogen-bond acceptors (Lipinski definition) is 9. The Bertz CT molecular complexity index is 1430. The first-order valence-electron chi connectivity index (χ1n) is 12.8. The number of thiazole rings is 1. The molecule has 2 amide bonds. The maximum atomic E-state index is 13.9. The summed E-state index contributed by atoms with van der Waals surface area (Å²) >= 11 is 7.75. The third-order valence-electron chi connectivity index (χ3n) is 7.69. The normalized spacial score (nSPS) is 25.0. The van der Waals surface area contributed by atoms with Gasteiger partial charge in [-0.25, -0.2) is 19.0 Å². The summed E-state index contributed by atoms with van der Waals surface area (Å²) in [4.78, 5) is 53.1. The highest BCUT2D eigenvalue weighted by molar-refractivity contribution is 7.11. The van der Waals surface area contributed by atoms with Crippen LogP contribution in [0.1, 0.15) is 29.5 Å². The van der Waals surface area contributed by atoms with Gasteiger partial charge in [0, 0.05) is 60.1 Å². The van der Waals surface area contributed by atoms with Crippen LogP contribution in [0.5, 0.6) is 0 Å². The third kappa shape index (κ3) is 4.71. The van der Waals surface area contributed by atoms with Crippen LogP contribution in [-0.4, -0.2) is 100 Å². The average Bonchev–Trinajstić information content (AvgIpc) is 3.50. The number of nitrogens with one attached hydrogen (secondary N) is 1. The van der Waals surface area contributed by atoms with E-state index >= 15 is 0 Å². The van der Waals surface area contributed by atoms with Crippen LogP contribution >= 0.6 is 22.9 Å². The second kappa shape index (κ2) is 10.5. The first kappa shape index (κ1) is 26.7. The van der Waals surface area contributed by atoms with Crippen LogP contribution < -0.4 is 5.32 Å². The lowest BCUT2D eigenvalue weighted by molar-refractivity contribution is -0.147. The van der Waals surface area contributed by atoms with Gasteiger partial charge in [0.2, 0.25) is 0 Å². The first-order valence-corrected chi connectivity index (χ1v) is 14.1. The van der Waals surface area contributed by atoms with Gasteiger partial charge in [0.15, 0.2) is 10.8 Å². The number of halogens is 2. The maximum Gasteiger partial charge on any atom is 0.338 e. The molecule has 1 aromatic heterocycles. The first-order chi connectivity index (χ1) is 19.3. The van der Waals surface area contributed by atoms with E-state index < -0.39 is 35.9 Å². The molecule has 14 heteroatoms. The predicted molar refractivity (Wildman–Crippen MR) is 144 cm³/mol. The Morgan fingerprint density at radius 1 is 1.27 bits per heavy atom. The summed E-state index contributed by atoms with van der Waals surface area (Å²) in [5.41, 5.74) is 0.892. The third-order valence-corrected chi connectivity index (χ3v) is 8.79. The molecule has 6 rings (SSSR count). The monoisotopic (exact) mass is 588 g/mol. The molecule has 1 aliphatic carbocycles. The molecule has 2 aromatic rings. The zero-order valence-electron chi connectivity index (χ0n) is 21.4. The van der Waals surface area contributed by atoms with Gasteiger partial charge < -0.3 is 25.0 Å². The fourth-order valence-electron chi connectivity index (χ4n) is 5.70. The second-order valence-electron chi connectivity index (χ2n) is 10.1. The van der Waals surface area contributed by atoms with E-state index in [1.54, 1.807) is 26.3 Å². The number of carboxylic acid groups (broad SMARTS) is 1. The van der Waals surface area contributed by atoms with Gasteiger partial charge in [-0.1, -0.05) is 17.7 Å². The number of rotatable bonds is 7. The number of fused-ring (bicyclic) bond motifs is 1. The lowest BCUT2D eigenvalue weighted by Gasteiger charge is -2.42. The molecule has 3 atom stereocenters. The zero-order chi connectivity index (χ0) is 28.1. The van der Waals surface area contributed by atoms with Crippen molar-refractivity contribution in [2.75, 3.05) is 33.3 Å². The Labute approximate surface area is 237 Å². The average molecular weight is 589 g/mol. The molecule has 3 aliphatic heterocycles. The minimum atomic E-state index is -1.05. The number of nitrogens with zero attached hydrogens (tertiary/aromatic N) is 5. The molecule has 0 bridgehead atoms. The molecule has 4 heterocycles. The van der Waals surface area contributed by atoms with Crippen LogP contribution in [0.4, 0.5) is 9.18 Å². The van der Waals surface area contributed by atoms with Crippen LogP contribution in [0, 0.1) is 5.82 Å². The molecular weight excluding hydrogens is 563 g/mol. The van der Waals surface area contributed by atoms with Crippen molar-refractivity contribution in [3.63, 3.8) is 0 Å². The van der Waals surface area contributed by atoms with E-state index in [-0.39, 0.29) is 35.8 Å². The van der Waals surface area contributed by atoms with Crippen LogP contribution in [0.15, 0.2) is 46.0 Å². The maximum absolute atomic E-state index is 13.9. The number of esters is 1. The Morgan fingerprint density at radius 2 is 2.08 bits per heavy atom. The number of carbonyl (C=O) groups excluding carboxylic acids is 2. The molecular formula is C26H26ClFN6O5S. The molecule has 2 N–H and O–H groups in total. The van der Waals surface area contributed by atoms with Crippen molar-refractivity contribution in [3.8, 4) is 0 Å². The van der Waals surface area contributed by atoms with E-state index in [4.69, 9.17) is 21.3 Å². The van der Waals surface area contributed by atoms with E-state index in [2.05, 4.69) is 10.3 Å². The van der Waals surface area contributed by atoms with Gasteiger partial charge in [0.25, 0.3) is 0 Å². The standard InChI is InChI=1S/C26H26ClFN6O5S/c1-39-25(37)19-17(11-32-7-8-33-18(21(32)24(35)36)12-34(26(33)38)14-3-4-14)30-22(23-29-6-9-40-23)31-20(19)15-5-2-13(28)10-16(15)27/h2,5-6,9-10,14,18,20-21H,3-4,7-8,11-12H2,1H3,(H,30,31)(H,35,36)/t18?,20-,21?/m0/s1. The van der Waals surface area contributed by atoms with Gasteiger partial charge >= 0.3 is 18.0 Å². The molecule has 2 unspecified atom stereocenters. The SMILES string of the molecule is COC(=O)C1=C(CN2CCN3C(=O)N(C4CC4)CC3C2C(=O)O)NC(c2nccs2)=N[C@H]1c1ccc(F)cc1Cl. The number of aliphatic carboxylic acids is 1. The molecule has 2 saturated heterocycles. The van der Waals surface area contributed by atoms with E-state index in [1.807, 2.05) is 0 Å². The van der Waals surface area contributed by atoms with Gasteiger partial charge in [0.05, 0.1) is 18.7 Å². The Hall–Kier alpha value is -3.55. The number of piperazine rings is 1. The fourth-order valence-corrected chi connectivity index (χ4v) is 6.55. The predicted octanol–water partition coefficient (Wildman–Crippen LogP) is 2.49. The molecule has 11 nitrogen and oxygen atoms in total. The minimum absolute atomic E-state index is 0.0308. The Morgan fingerprint density at radius 3 is 2.73 bits per heavy atom. The van der Waals surface area contributed by atoms with Crippen LogP contribution in [-0.2, 0) is 14.3 Å². The van der Waals surface area contributed by atoms with Crippen LogP contribution in [0.25, 0.3) is 0 Å². The minimum Gasteiger partial charge on any atom is -0.480 e. The molecule has 40 heavy (non-hydrogen) atoms. The molecule has 0 spiro atoms. The number of aromatic nitrogens is 1. The van der Waals surface area contributed by atoms with Crippen LogP contribution in [0.2, 0.25) is 5.02 Å². The summed E-state index contributed by atoms with van der Waals surface area (Å²) in [5, 5.41) is 15.9. The van der Waals surface area contributed by atoms with Crippen molar-refractivity contribution in [1.29, 1.82) is 0 Å². The number of carboxylic acids is 1. The lowest BCUT2D eigenvalue weighted by atomic mass is 9.94. The summed E-state index contributed by atoms with van der Waals surface area (Å²) < 4.78 is 19.0. The second-order valence-corrected chi connectivity index (χ2v) is 11.4. The molecule has 0 radical (unpaired) electrons. The van der Waals surface area contributed by atoms with Gasteiger partial charge in [0.1, 0.15) is 17.9 Å². The molecule has 1 saturated carbocycles. The summed E-state index contributed by atoms with van der Waals surface area (Å²) in [6.45, 7) is 1.01. The largest absolute Gasteiger partial charge is 0.480 e. The molecule has 210 valence electrons. The Kier molecular flexibility index (Phi) is 6.97. The highest BCUT2D eigenvalue weighted by Gasteiger charge is 2.52. The van der Waals surface area contributed by atoms with E-state index in [0.29, 0.717) is 35.2 Å². The Balaban J connectivity index is 1.40. The number of ether oxygens (including phenoxy) is 1. The number of aliphatic imine (C=N–C) groups is 1. The number of amides is 2. The van der Waals surface area contributed by atoms with Crippen molar-refractivity contribution in [2.45, 2.75) is 37.0 Å². The van der Waals surface area contributed by atoms with E-state index in [9.17, 15) is 23.9 Å². The highest BCUT2D eigenvalue weighted by Crippen LogP contribution is 2.38. The van der Waals surface area contributed by atoms with Gasteiger partial charge in [-0.3, -0.25) is 14.7 Å². The van der Waals surface area contributed by atoms with E-state index in [1.165, 1.54) is 30.6 Å². The number of hydrogen-bond donors (Lipinski definition) is 2.